The number of amides is 4. The lowest BCUT2D eigenvalue weighted by Crippen LogP contribution is -2.48. The van der Waals surface area contributed by atoms with Gasteiger partial charge in [-0.25, -0.2) is 4.79 Å². The smallest absolute Gasteiger partial charge is 0.404 e. The number of nitrogens with one attached hydrogen (secondary N) is 4. The van der Waals surface area contributed by atoms with Crippen LogP contribution < -0.4 is 16.0 Å². The molecule has 260 valence electrons. The molecule has 0 unspecified atom stereocenters. The highest BCUT2D eigenvalue weighted by Crippen LogP contribution is 2.30. The molecule has 0 radical (unpaired) electrons. The molecule has 2 heterocycles. The number of tetrazole rings is 1. The van der Waals surface area contributed by atoms with Crippen molar-refractivity contribution in [1.82, 2.24) is 36.2 Å². The van der Waals surface area contributed by atoms with Crippen molar-refractivity contribution < 1.29 is 24.3 Å². The van der Waals surface area contributed by atoms with Crippen LogP contribution in [0.15, 0.2) is 72.8 Å². The summed E-state index contributed by atoms with van der Waals surface area (Å²) in [7, 11) is 0. The maximum absolute atomic E-state index is 13.7. The minimum absolute atomic E-state index is 0.0429. The van der Waals surface area contributed by atoms with Gasteiger partial charge in [0.1, 0.15) is 6.04 Å². The number of benzene rings is 3. The molecule has 4 amide bonds. The second-order valence-corrected chi connectivity index (χ2v) is 13.1. The predicted molar refractivity (Wildman–Crippen MR) is 187 cm³/mol. The van der Waals surface area contributed by atoms with E-state index in [1.807, 2.05) is 53.4 Å². The first-order chi connectivity index (χ1) is 24.3. The Morgan fingerprint density at radius 1 is 0.860 bits per heavy atom. The van der Waals surface area contributed by atoms with Crippen LogP contribution in [-0.2, 0) is 16.0 Å². The Morgan fingerprint density at radius 2 is 1.56 bits per heavy atom. The van der Waals surface area contributed by atoms with E-state index < -0.39 is 12.1 Å². The number of aromatic amines is 1. The summed E-state index contributed by atoms with van der Waals surface area (Å²) in [4.78, 5) is 53.5. The van der Waals surface area contributed by atoms with Gasteiger partial charge in [-0.3, -0.25) is 14.4 Å². The van der Waals surface area contributed by atoms with Crippen molar-refractivity contribution in [3.8, 4) is 22.5 Å². The Morgan fingerprint density at radius 3 is 2.24 bits per heavy atom. The molecule has 13 nitrogen and oxygen atoms in total. The molecule has 4 aromatic rings. The fourth-order valence-electron chi connectivity index (χ4n) is 6.82. The number of piperidine rings is 1. The Balaban J connectivity index is 1.16. The Bertz CT molecular complexity index is 1760. The number of H-pyrrole nitrogens is 1. The van der Waals surface area contributed by atoms with Crippen LogP contribution in [-0.4, -0.2) is 80.1 Å². The Labute approximate surface area is 290 Å². The number of hydrogen-bond acceptors (Lipinski definition) is 7. The first kappa shape index (κ1) is 34.3. The molecule has 0 bridgehead atoms. The normalized spacial score (nSPS) is 18.1. The molecule has 13 heteroatoms. The van der Waals surface area contributed by atoms with E-state index in [1.165, 1.54) is 0 Å². The van der Waals surface area contributed by atoms with Crippen LogP contribution in [0.1, 0.15) is 60.9 Å². The minimum Gasteiger partial charge on any atom is -0.465 e. The summed E-state index contributed by atoms with van der Waals surface area (Å²) >= 11 is 0. The molecule has 5 N–H and O–H groups in total. The van der Waals surface area contributed by atoms with Crippen LogP contribution >= 0.6 is 0 Å². The highest BCUT2D eigenvalue weighted by molar-refractivity contribution is 6.01. The van der Waals surface area contributed by atoms with Crippen molar-refractivity contribution in [2.75, 3.05) is 25.0 Å². The van der Waals surface area contributed by atoms with Crippen molar-refractivity contribution in [1.29, 1.82) is 0 Å². The number of aromatic nitrogens is 4. The van der Waals surface area contributed by atoms with Gasteiger partial charge in [-0.05, 0) is 103 Å². The standard InChI is InChI=1S/C37H42N8O5/c46-34(28-14-10-25(11-15-28)23-38-37(49)50)40-32(35(47)39-29-18-16-27(17-19-29)33-41-43-44-42-33)22-24-8-12-26(13-9-24)30-6-2-3-7-31(30)36(48)45-20-4-1-5-21-45/h2-3,6-9,12-13,16-19,25,28,32,38H,1,4-5,10-11,14-15,20-23H2,(H,39,47)(H,40,46)(H,49,50)(H,41,42,43,44)/t25?,28?,32-/m0/s1. The molecule has 2 fully saturated rings. The van der Waals surface area contributed by atoms with Crippen LogP contribution in [0.3, 0.4) is 0 Å². The number of rotatable bonds is 11. The second-order valence-electron chi connectivity index (χ2n) is 13.1. The summed E-state index contributed by atoms with van der Waals surface area (Å²) in [6.45, 7) is 1.91. The highest BCUT2D eigenvalue weighted by Gasteiger charge is 2.30. The number of anilines is 1. The number of likely N-dealkylation sites (tertiary alicyclic amines) is 1. The summed E-state index contributed by atoms with van der Waals surface area (Å²) in [5.74, 6) is -0.152. The molecule has 1 saturated carbocycles. The van der Waals surface area contributed by atoms with Crippen LogP contribution in [0.25, 0.3) is 22.5 Å². The van der Waals surface area contributed by atoms with Crippen LogP contribution in [0, 0.1) is 11.8 Å². The van der Waals surface area contributed by atoms with Gasteiger partial charge in [0.2, 0.25) is 17.6 Å². The minimum atomic E-state index is -1.05. The Hall–Kier alpha value is -5.59. The molecule has 1 saturated heterocycles. The molecule has 2 aliphatic rings. The molecule has 50 heavy (non-hydrogen) atoms. The van der Waals surface area contributed by atoms with Gasteiger partial charge >= 0.3 is 6.09 Å². The van der Waals surface area contributed by atoms with Gasteiger partial charge in [-0.1, -0.05) is 42.5 Å². The first-order valence-corrected chi connectivity index (χ1v) is 17.2. The molecule has 1 aliphatic carbocycles. The molecule has 1 atom stereocenters. The molecule has 0 spiro atoms. The van der Waals surface area contributed by atoms with Gasteiger partial charge in [-0.15, -0.1) is 10.2 Å². The summed E-state index contributed by atoms with van der Waals surface area (Å²) in [5.41, 5.74) is 4.56. The van der Waals surface area contributed by atoms with Gasteiger partial charge in [0, 0.05) is 48.8 Å². The van der Waals surface area contributed by atoms with Crippen molar-refractivity contribution in [2.45, 2.75) is 57.4 Å². The summed E-state index contributed by atoms with van der Waals surface area (Å²) in [6, 6.07) is 21.6. The molecular weight excluding hydrogens is 636 g/mol. The van der Waals surface area contributed by atoms with Crippen molar-refractivity contribution in [3.05, 3.63) is 83.9 Å². The predicted octanol–water partition coefficient (Wildman–Crippen LogP) is 4.90. The number of hydrogen-bond donors (Lipinski definition) is 5. The lowest BCUT2D eigenvalue weighted by molar-refractivity contribution is -0.130. The summed E-state index contributed by atoms with van der Waals surface area (Å²) < 4.78 is 0. The van der Waals surface area contributed by atoms with Gasteiger partial charge < -0.3 is 26.0 Å². The van der Waals surface area contributed by atoms with E-state index in [-0.39, 0.29) is 36.0 Å². The van der Waals surface area contributed by atoms with Crippen molar-refractivity contribution >= 4 is 29.5 Å². The lowest BCUT2D eigenvalue weighted by atomic mass is 9.81. The van der Waals surface area contributed by atoms with E-state index in [0.29, 0.717) is 36.5 Å². The van der Waals surface area contributed by atoms with E-state index in [1.54, 1.807) is 24.3 Å². The molecule has 1 aliphatic heterocycles. The number of carbonyl (C=O) groups excluding carboxylic acids is 3. The zero-order chi connectivity index (χ0) is 34.9. The maximum Gasteiger partial charge on any atom is 0.404 e. The molecule has 1 aromatic heterocycles. The fraction of sp³-hybridized carbons (Fsp3) is 0.378. The Kier molecular flexibility index (Phi) is 11.1. The average Bonchev–Trinajstić information content (AvgIpc) is 3.70. The second kappa shape index (κ2) is 16.2. The van der Waals surface area contributed by atoms with Gasteiger partial charge in [0.05, 0.1) is 0 Å². The van der Waals surface area contributed by atoms with Crippen LogP contribution in [0.2, 0.25) is 0 Å². The third kappa shape index (κ3) is 8.70. The highest BCUT2D eigenvalue weighted by atomic mass is 16.4. The van der Waals surface area contributed by atoms with Gasteiger partial charge in [-0.2, -0.15) is 5.21 Å². The summed E-state index contributed by atoms with van der Waals surface area (Å²) in [5, 5.41) is 31.3. The largest absolute Gasteiger partial charge is 0.465 e. The van der Waals surface area contributed by atoms with Crippen molar-refractivity contribution in [2.24, 2.45) is 11.8 Å². The average molecular weight is 679 g/mol. The monoisotopic (exact) mass is 678 g/mol. The topological polar surface area (TPSA) is 182 Å². The first-order valence-electron chi connectivity index (χ1n) is 17.2. The van der Waals surface area contributed by atoms with Crippen molar-refractivity contribution in [3.63, 3.8) is 0 Å². The molecular formula is C37H42N8O5. The zero-order valence-electron chi connectivity index (χ0n) is 27.8. The van der Waals surface area contributed by atoms with Gasteiger partial charge in [0.15, 0.2) is 0 Å². The zero-order valence-corrected chi connectivity index (χ0v) is 27.8. The summed E-state index contributed by atoms with van der Waals surface area (Å²) in [6.07, 6.45) is 5.08. The SMILES string of the molecule is O=C(O)NCC1CCC(C(=O)N[C@@H](Cc2ccc(-c3ccccc3C(=O)N3CCCCC3)cc2)C(=O)Nc2ccc(-c3nn[nH]n3)cc2)CC1. The number of carboxylic acid groups (broad SMARTS) is 1. The lowest BCUT2D eigenvalue weighted by Gasteiger charge is -2.29. The van der Waals surface area contributed by atoms with Crippen LogP contribution in [0.4, 0.5) is 10.5 Å². The molecule has 3 aromatic carbocycles. The maximum atomic E-state index is 13.7. The van der Waals surface area contributed by atoms with E-state index >= 15 is 0 Å². The van der Waals surface area contributed by atoms with E-state index in [2.05, 4.69) is 36.6 Å². The number of nitrogens with zero attached hydrogens (tertiary/aromatic N) is 4. The molecule has 6 rings (SSSR count). The van der Waals surface area contributed by atoms with E-state index in [4.69, 9.17) is 5.11 Å². The quantitative estimate of drug-likeness (QED) is 0.148. The van der Waals surface area contributed by atoms with E-state index in [0.717, 1.165) is 67.4 Å². The number of carbonyl (C=O) groups is 4. The van der Waals surface area contributed by atoms with E-state index in [9.17, 15) is 19.2 Å². The third-order valence-electron chi connectivity index (χ3n) is 9.65. The van der Waals surface area contributed by atoms with Gasteiger partial charge in [0.25, 0.3) is 5.91 Å². The third-order valence-corrected chi connectivity index (χ3v) is 9.65. The van der Waals surface area contributed by atoms with Crippen LogP contribution in [0.5, 0.6) is 0 Å². The fourth-order valence-corrected chi connectivity index (χ4v) is 6.82.